The van der Waals surface area contributed by atoms with Gasteiger partial charge >= 0.3 is 5.69 Å². The number of aromatic nitrogens is 3. The zero-order valence-corrected chi connectivity index (χ0v) is 23.6. The molecule has 0 saturated heterocycles. The summed E-state index contributed by atoms with van der Waals surface area (Å²) in [6.45, 7) is 2.92. The average Bonchev–Trinajstić information content (AvgIpc) is 3.67. The summed E-state index contributed by atoms with van der Waals surface area (Å²) in [6.07, 6.45) is 1.34. The number of amides is 1. The molecule has 9 nitrogen and oxygen atoms in total. The van der Waals surface area contributed by atoms with Gasteiger partial charge in [-0.15, -0.1) is 12.4 Å². The smallest absolute Gasteiger partial charge is 0.336 e. The van der Waals surface area contributed by atoms with Crippen molar-refractivity contribution in [1.82, 2.24) is 13.7 Å². The number of carbonyl (C=O) groups is 1. The Labute approximate surface area is 235 Å². The number of pyridine rings is 1. The Morgan fingerprint density at radius 3 is 2.42 bits per heavy atom. The molecule has 0 unspecified atom stereocenters. The van der Waals surface area contributed by atoms with Crippen LogP contribution in [0.1, 0.15) is 31.4 Å². The highest BCUT2D eigenvalue weighted by Gasteiger charge is 2.31. The van der Waals surface area contributed by atoms with Crippen LogP contribution in [0.5, 0.6) is 0 Å². The van der Waals surface area contributed by atoms with Crippen LogP contribution in [-0.4, -0.2) is 19.6 Å². The molecule has 0 spiro atoms. The summed E-state index contributed by atoms with van der Waals surface area (Å²) in [5.74, 6) is -0.753. The Bertz CT molecular complexity index is 1790. The van der Waals surface area contributed by atoms with E-state index in [4.69, 9.17) is 0 Å². The zero-order chi connectivity index (χ0) is 26.6. The number of halogens is 3. The quantitative estimate of drug-likeness (QED) is 0.312. The zero-order valence-electron chi connectivity index (χ0n) is 20.7. The van der Waals surface area contributed by atoms with E-state index in [2.05, 4.69) is 10.6 Å². The number of rotatable bonds is 5. The number of fused-ring (bicyclic) bond motifs is 1. The normalized spacial score (nSPS) is 12.8. The topological polar surface area (TPSA) is 107 Å². The lowest BCUT2D eigenvalue weighted by atomic mass is 10.1. The molecule has 4 aromatic rings. The fourth-order valence-electron chi connectivity index (χ4n) is 4.50. The molecule has 2 aromatic carbocycles. The minimum absolute atomic E-state index is 0. The number of nitrogens with one attached hydrogen (secondary N) is 2. The molecule has 1 saturated carbocycles. The van der Waals surface area contributed by atoms with E-state index in [1.54, 1.807) is 37.3 Å². The van der Waals surface area contributed by atoms with E-state index in [-0.39, 0.29) is 52.3 Å². The van der Waals surface area contributed by atoms with Crippen LogP contribution < -0.4 is 27.4 Å². The summed E-state index contributed by atoms with van der Waals surface area (Å²) in [4.78, 5) is 52.6. The van der Waals surface area contributed by atoms with Crippen LogP contribution in [0.4, 0.5) is 21.6 Å². The second-order valence-electron chi connectivity index (χ2n) is 9.07. The number of anilines is 3. The number of hydrogen-bond donors (Lipinski definition) is 2. The van der Waals surface area contributed by atoms with E-state index in [0.717, 1.165) is 0 Å². The molecule has 0 aliphatic heterocycles. The highest BCUT2D eigenvalue weighted by atomic mass is 127. The SMILES string of the molecule is CC(=O)Nc1cccc(-n2c(=O)n(C3CC3)c(=O)c3c(Nc4ccc(I)cc4F)n(C)c(=O)c(C)c32)c1.Cl. The molecular weight excluding hydrogens is 628 g/mol. The van der Waals surface area contributed by atoms with Gasteiger partial charge in [-0.25, -0.2) is 9.18 Å². The first-order chi connectivity index (χ1) is 17.6. The van der Waals surface area contributed by atoms with Crippen molar-refractivity contribution in [1.29, 1.82) is 0 Å². The molecule has 2 aromatic heterocycles. The Hall–Kier alpha value is -3.45. The van der Waals surface area contributed by atoms with Crippen molar-refractivity contribution in [3.05, 3.63) is 88.6 Å². The Kier molecular flexibility index (Phi) is 7.53. The lowest BCUT2D eigenvalue weighted by molar-refractivity contribution is -0.114. The van der Waals surface area contributed by atoms with Crippen LogP contribution in [0.2, 0.25) is 0 Å². The monoisotopic (exact) mass is 651 g/mol. The standard InChI is InChI=1S/C26H23FIN5O4.ClH/c1-13-22-21(23(31(3)24(13)35)30-20-10-7-15(28)11-19(20)27)25(36)33(17-8-9-17)26(37)32(22)18-6-4-5-16(12-18)29-14(2)34;/h4-7,10-12,17,30H,8-9H2,1-3H3,(H,29,34);1H. The molecule has 38 heavy (non-hydrogen) atoms. The van der Waals surface area contributed by atoms with Gasteiger partial charge in [0, 0.05) is 34.8 Å². The summed E-state index contributed by atoms with van der Waals surface area (Å²) in [7, 11) is 1.50. The van der Waals surface area contributed by atoms with Crippen molar-refractivity contribution in [3.63, 3.8) is 0 Å². The van der Waals surface area contributed by atoms with Crippen LogP contribution in [0.15, 0.2) is 56.8 Å². The molecule has 0 radical (unpaired) electrons. The van der Waals surface area contributed by atoms with Crippen molar-refractivity contribution < 1.29 is 9.18 Å². The van der Waals surface area contributed by atoms with Gasteiger partial charge in [0.15, 0.2) is 0 Å². The summed E-state index contributed by atoms with van der Waals surface area (Å²) >= 11 is 1.99. The predicted octanol–water partition coefficient (Wildman–Crippen LogP) is 4.36. The van der Waals surface area contributed by atoms with E-state index in [1.165, 1.54) is 39.8 Å². The molecule has 12 heteroatoms. The molecule has 198 valence electrons. The van der Waals surface area contributed by atoms with Crippen molar-refractivity contribution in [2.45, 2.75) is 32.7 Å². The number of carbonyl (C=O) groups excluding carboxylic acids is 1. The Morgan fingerprint density at radius 2 is 1.79 bits per heavy atom. The third-order valence-electron chi connectivity index (χ3n) is 6.36. The first kappa shape index (κ1) is 27.6. The fraction of sp³-hybridized carbons (Fsp3) is 0.231. The van der Waals surface area contributed by atoms with Crippen LogP contribution in [0.25, 0.3) is 16.6 Å². The van der Waals surface area contributed by atoms with Gasteiger partial charge in [-0.1, -0.05) is 6.07 Å². The third-order valence-corrected chi connectivity index (χ3v) is 7.04. The highest BCUT2D eigenvalue weighted by molar-refractivity contribution is 14.1. The van der Waals surface area contributed by atoms with E-state index < -0.39 is 22.6 Å². The minimum Gasteiger partial charge on any atom is -0.338 e. The van der Waals surface area contributed by atoms with Gasteiger partial charge in [-0.2, -0.15) is 0 Å². The number of benzene rings is 2. The summed E-state index contributed by atoms with van der Waals surface area (Å²) in [5.41, 5.74) is -0.351. The van der Waals surface area contributed by atoms with Gasteiger partial charge in [-0.3, -0.25) is 28.1 Å². The Balaban J connectivity index is 0.00000336. The van der Waals surface area contributed by atoms with Gasteiger partial charge in [0.1, 0.15) is 17.0 Å². The van der Waals surface area contributed by atoms with Gasteiger partial charge in [0.05, 0.1) is 16.9 Å². The second-order valence-corrected chi connectivity index (χ2v) is 10.3. The molecule has 1 aliphatic rings. The van der Waals surface area contributed by atoms with E-state index in [9.17, 15) is 23.6 Å². The number of aryl methyl sites for hydroxylation is 1. The van der Waals surface area contributed by atoms with Crippen molar-refractivity contribution in [2.75, 3.05) is 10.6 Å². The van der Waals surface area contributed by atoms with Crippen LogP contribution in [0, 0.1) is 16.3 Å². The van der Waals surface area contributed by atoms with Gasteiger partial charge in [-0.05, 0) is 78.8 Å². The highest BCUT2D eigenvalue weighted by Crippen LogP contribution is 2.34. The summed E-state index contributed by atoms with van der Waals surface area (Å²) < 4.78 is 19.3. The van der Waals surface area contributed by atoms with Crippen molar-refractivity contribution >= 4 is 69.0 Å². The molecule has 1 aliphatic carbocycles. The molecular formula is C26H24ClFIN5O4. The fourth-order valence-corrected chi connectivity index (χ4v) is 4.95. The maximum absolute atomic E-state index is 14.8. The first-order valence-corrected chi connectivity index (χ1v) is 12.7. The molecule has 2 N–H and O–H groups in total. The maximum Gasteiger partial charge on any atom is 0.336 e. The molecule has 0 bridgehead atoms. The number of nitrogens with zero attached hydrogens (tertiary/aromatic N) is 3. The molecule has 5 rings (SSSR count). The molecule has 2 heterocycles. The van der Waals surface area contributed by atoms with Gasteiger partial charge in [0.25, 0.3) is 11.1 Å². The van der Waals surface area contributed by atoms with E-state index >= 15 is 0 Å². The summed E-state index contributed by atoms with van der Waals surface area (Å²) in [6, 6.07) is 10.9. The maximum atomic E-state index is 14.8. The average molecular weight is 652 g/mol. The summed E-state index contributed by atoms with van der Waals surface area (Å²) in [5, 5.41) is 5.72. The van der Waals surface area contributed by atoms with Crippen LogP contribution in [-0.2, 0) is 11.8 Å². The largest absolute Gasteiger partial charge is 0.338 e. The van der Waals surface area contributed by atoms with Crippen LogP contribution in [0.3, 0.4) is 0 Å². The number of hydrogen-bond acceptors (Lipinski definition) is 5. The third kappa shape index (κ3) is 4.75. The second kappa shape index (κ2) is 10.4. The van der Waals surface area contributed by atoms with E-state index in [0.29, 0.717) is 27.8 Å². The van der Waals surface area contributed by atoms with Crippen LogP contribution >= 0.6 is 35.0 Å². The molecule has 1 amide bonds. The first-order valence-electron chi connectivity index (χ1n) is 11.6. The van der Waals surface area contributed by atoms with Gasteiger partial charge in [0.2, 0.25) is 5.91 Å². The molecule has 0 atom stereocenters. The van der Waals surface area contributed by atoms with Crippen molar-refractivity contribution in [3.8, 4) is 5.69 Å². The molecule has 1 fully saturated rings. The van der Waals surface area contributed by atoms with Crippen molar-refractivity contribution in [2.24, 2.45) is 7.05 Å². The lowest BCUT2D eigenvalue weighted by Crippen LogP contribution is -2.41. The van der Waals surface area contributed by atoms with E-state index in [1.807, 2.05) is 22.6 Å². The lowest BCUT2D eigenvalue weighted by Gasteiger charge is -2.21. The van der Waals surface area contributed by atoms with Gasteiger partial charge < -0.3 is 10.6 Å². The minimum atomic E-state index is -0.581. The Morgan fingerprint density at radius 1 is 1.08 bits per heavy atom. The predicted molar refractivity (Wildman–Crippen MR) is 156 cm³/mol.